The second-order valence-electron chi connectivity index (χ2n) is 4.95. The van der Waals surface area contributed by atoms with Crippen LogP contribution in [0.4, 0.5) is 0 Å². The van der Waals surface area contributed by atoms with Gasteiger partial charge in [0, 0.05) is 35.9 Å². The van der Waals surface area contributed by atoms with E-state index < -0.39 is 0 Å². The van der Waals surface area contributed by atoms with Crippen molar-refractivity contribution in [1.82, 2.24) is 20.1 Å². The molecule has 2 heterocycles. The van der Waals surface area contributed by atoms with Gasteiger partial charge in [0.2, 0.25) is 0 Å². The summed E-state index contributed by atoms with van der Waals surface area (Å²) in [5.41, 5.74) is 3.61. The number of aromatic nitrogens is 3. The van der Waals surface area contributed by atoms with Crippen LogP contribution in [0.15, 0.2) is 11.6 Å². The minimum Gasteiger partial charge on any atom is -0.301 e. The monoisotopic (exact) mass is 262 g/mol. The summed E-state index contributed by atoms with van der Waals surface area (Å²) < 4.78 is 1.96. The average Bonchev–Trinajstić information content (AvgIpc) is 2.91. The highest BCUT2D eigenvalue weighted by Gasteiger charge is 2.30. The zero-order valence-corrected chi connectivity index (χ0v) is 11.8. The van der Waals surface area contributed by atoms with E-state index >= 15 is 0 Å². The SMILES string of the molecule is Cc1nn(C)c(C)c1C(NC1CC1)c1nccs1. The number of hydrogen-bond acceptors (Lipinski definition) is 4. The smallest absolute Gasteiger partial charge is 0.114 e. The van der Waals surface area contributed by atoms with Crippen LogP contribution in [0.2, 0.25) is 0 Å². The van der Waals surface area contributed by atoms with Gasteiger partial charge in [0.1, 0.15) is 5.01 Å². The molecule has 1 fully saturated rings. The van der Waals surface area contributed by atoms with Crippen LogP contribution in [0.25, 0.3) is 0 Å². The largest absolute Gasteiger partial charge is 0.301 e. The summed E-state index contributed by atoms with van der Waals surface area (Å²) in [6, 6.07) is 0.851. The molecule has 1 atom stereocenters. The van der Waals surface area contributed by atoms with E-state index in [1.54, 1.807) is 11.3 Å². The highest BCUT2D eigenvalue weighted by molar-refractivity contribution is 7.09. The van der Waals surface area contributed by atoms with Crippen LogP contribution in [-0.4, -0.2) is 20.8 Å². The van der Waals surface area contributed by atoms with E-state index in [0.717, 1.165) is 10.7 Å². The Morgan fingerprint density at radius 1 is 1.44 bits per heavy atom. The molecule has 4 nitrogen and oxygen atoms in total. The number of nitrogens with one attached hydrogen (secondary N) is 1. The Labute approximate surface area is 111 Å². The van der Waals surface area contributed by atoms with Gasteiger partial charge in [-0.25, -0.2) is 4.98 Å². The van der Waals surface area contributed by atoms with E-state index in [9.17, 15) is 0 Å². The van der Waals surface area contributed by atoms with Gasteiger partial charge in [-0.15, -0.1) is 11.3 Å². The molecule has 0 bridgehead atoms. The van der Waals surface area contributed by atoms with Crippen LogP contribution in [-0.2, 0) is 7.05 Å². The van der Waals surface area contributed by atoms with Crippen LogP contribution < -0.4 is 5.32 Å². The highest BCUT2D eigenvalue weighted by atomic mass is 32.1. The number of thiazole rings is 1. The van der Waals surface area contributed by atoms with E-state index in [-0.39, 0.29) is 6.04 Å². The van der Waals surface area contributed by atoms with Gasteiger partial charge in [0.15, 0.2) is 0 Å². The molecule has 1 aliphatic carbocycles. The van der Waals surface area contributed by atoms with Crippen molar-refractivity contribution < 1.29 is 0 Å². The van der Waals surface area contributed by atoms with Crippen LogP contribution in [0.3, 0.4) is 0 Å². The first kappa shape index (κ1) is 11.9. The van der Waals surface area contributed by atoms with E-state index in [1.165, 1.54) is 24.1 Å². The Morgan fingerprint density at radius 3 is 2.72 bits per heavy atom. The Hall–Kier alpha value is -1.20. The van der Waals surface area contributed by atoms with Crippen LogP contribution in [0, 0.1) is 13.8 Å². The van der Waals surface area contributed by atoms with Gasteiger partial charge in [-0.05, 0) is 26.7 Å². The summed E-state index contributed by atoms with van der Waals surface area (Å²) in [5.74, 6) is 0. The molecule has 1 unspecified atom stereocenters. The van der Waals surface area contributed by atoms with Crippen molar-refractivity contribution in [2.45, 2.75) is 38.8 Å². The fourth-order valence-electron chi connectivity index (χ4n) is 2.35. The van der Waals surface area contributed by atoms with Gasteiger partial charge in [0.05, 0.1) is 11.7 Å². The molecule has 0 aliphatic heterocycles. The summed E-state index contributed by atoms with van der Waals surface area (Å²) >= 11 is 1.71. The summed E-state index contributed by atoms with van der Waals surface area (Å²) in [7, 11) is 2.00. The number of nitrogens with zero attached hydrogens (tertiary/aromatic N) is 3. The summed E-state index contributed by atoms with van der Waals surface area (Å²) in [6.07, 6.45) is 4.43. The van der Waals surface area contributed by atoms with E-state index in [4.69, 9.17) is 0 Å². The third-order valence-corrected chi connectivity index (χ3v) is 4.37. The lowest BCUT2D eigenvalue weighted by atomic mass is 10.1. The Kier molecular flexibility index (Phi) is 2.95. The van der Waals surface area contributed by atoms with E-state index in [2.05, 4.69) is 29.2 Å². The Bertz CT molecular complexity index is 540. The normalized spacial score (nSPS) is 17.1. The quantitative estimate of drug-likeness (QED) is 0.919. The topological polar surface area (TPSA) is 42.7 Å². The summed E-state index contributed by atoms with van der Waals surface area (Å²) in [4.78, 5) is 4.48. The van der Waals surface area contributed by atoms with E-state index in [0.29, 0.717) is 6.04 Å². The zero-order chi connectivity index (χ0) is 12.7. The maximum atomic E-state index is 4.52. The molecule has 96 valence electrons. The number of aryl methyl sites for hydroxylation is 2. The molecule has 3 rings (SSSR count). The fraction of sp³-hybridized carbons (Fsp3) is 0.538. The van der Waals surface area contributed by atoms with Crippen molar-refractivity contribution in [3.63, 3.8) is 0 Å². The van der Waals surface area contributed by atoms with E-state index in [1.807, 2.05) is 23.3 Å². The fourth-order valence-corrected chi connectivity index (χ4v) is 3.05. The second-order valence-corrected chi connectivity index (χ2v) is 5.88. The van der Waals surface area contributed by atoms with Gasteiger partial charge in [0.25, 0.3) is 0 Å². The van der Waals surface area contributed by atoms with Gasteiger partial charge >= 0.3 is 0 Å². The maximum absolute atomic E-state index is 4.52. The first-order valence-electron chi connectivity index (χ1n) is 6.32. The molecule has 0 radical (unpaired) electrons. The molecule has 18 heavy (non-hydrogen) atoms. The molecule has 2 aromatic heterocycles. The Morgan fingerprint density at radius 2 is 2.22 bits per heavy atom. The van der Waals surface area contributed by atoms with Crippen molar-refractivity contribution in [3.8, 4) is 0 Å². The molecular weight excluding hydrogens is 244 g/mol. The highest BCUT2D eigenvalue weighted by Crippen LogP contribution is 2.32. The summed E-state index contributed by atoms with van der Waals surface area (Å²) in [6.45, 7) is 4.21. The molecule has 1 N–H and O–H groups in total. The van der Waals surface area contributed by atoms with Crippen molar-refractivity contribution in [2.24, 2.45) is 7.05 Å². The van der Waals surface area contributed by atoms with Crippen LogP contribution in [0.5, 0.6) is 0 Å². The minimum absolute atomic E-state index is 0.200. The zero-order valence-electron chi connectivity index (χ0n) is 11.0. The lowest BCUT2D eigenvalue weighted by molar-refractivity contribution is 0.592. The molecule has 0 amide bonds. The first-order chi connectivity index (χ1) is 8.66. The van der Waals surface area contributed by atoms with Gasteiger partial charge in [-0.2, -0.15) is 5.10 Å². The summed E-state index contributed by atoms with van der Waals surface area (Å²) in [5, 5.41) is 11.4. The molecule has 1 saturated carbocycles. The van der Waals surface area contributed by atoms with Gasteiger partial charge in [-0.1, -0.05) is 0 Å². The first-order valence-corrected chi connectivity index (χ1v) is 7.20. The van der Waals surface area contributed by atoms with Gasteiger partial charge < -0.3 is 5.32 Å². The third kappa shape index (κ3) is 2.08. The second kappa shape index (κ2) is 4.48. The molecule has 0 spiro atoms. The van der Waals surface area contributed by atoms with Crippen molar-refractivity contribution in [2.75, 3.05) is 0 Å². The number of hydrogen-bond donors (Lipinski definition) is 1. The van der Waals surface area contributed by atoms with Crippen molar-refractivity contribution in [1.29, 1.82) is 0 Å². The predicted octanol–water partition coefficient (Wildman–Crippen LogP) is 2.33. The van der Waals surface area contributed by atoms with Crippen LogP contribution >= 0.6 is 11.3 Å². The molecule has 5 heteroatoms. The lowest BCUT2D eigenvalue weighted by Gasteiger charge is -2.17. The molecule has 0 aromatic carbocycles. The maximum Gasteiger partial charge on any atom is 0.114 e. The van der Waals surface area contributed by atoms with Crippen molar-refractivity contribution >= 4 is 11.3 Å². The van der Waals surface area contributed by atoms with Crippen LogP contribution in [0.1, 0.15) is 40.8 Å². The minimum atomic E-state index is 0.200. The third-order valence-electron chi connectivity index (χ3n) is 3.53. The lowest BCUT2D eigenvalue weighted by Crippen LogP contribution is -2.25. The molecule has 2 aromatic rings. The molecule has 1 aliphatic rings. The van der Waals surface area contributed by atoms with Crippen molar-refractivity contribution in [3.05, 3.63) is 33.5 Å². The Balaban J connectivity index is 2.01. The standard InChI is InChI=1S/C13H18N4S/c1-8-11(9(2)17(3)16-8)12(15-10-4-5-10)13-14-6-7-18-13/h6-7,10,12,15H,4-5H2,1-3H3. The van der Waals surface area contributed by atoms with Gasteiger partial charge in [-0.3, -0.25) is 4.68 Å². The average molecular weight is 262 g/mol. The number of rotatable bonds is 4. The predicted molar refractivity (Wildman–Crippen MR) is 72.8 cm³/mol. The molecule has 0 saturated heterocycles. The molecular formula is C13H18N4S.